The summed E-state index contributed by atoms with van der Waals surface area (Å²) in [6.07, 6.45) is 5.54. The Bertz CT molecular complexity index is 1090. The molecule has 1 aromatic heterocycles. The van der Waals surface area contributed by atoms with Gasteiger partial charge in [0, 0.05) is 24.9 Å². The number of ether oxygens (including phenoxy) is 2. The normalized spacial score (nSPS) is 14.9. The predicted molar refractivity (Wildman–Crippen MR) is 121 cm³/mol. The first-order valence-corrected chi connectivity index (χ1v) is 12.6. The SMILES string of the molecule is CCC[C@@H](NS(=O)(=O)CCCOCn1ccc(=O)[nH]c1=O)c1cccc(OCC2CC2)c1. The maximum atomic E-state index is 12.6. The molecule has 0 saturated heterocycles. The summed E-state index contributed by atoms with van der Waals surface area (Å²) in [7, 11) is -3.53. The Morgan fingerprint density at radius 1 is 1.25 bits per heavy atom. The summed E-state index contributed by atoms with van der Waals surface area (Å²) in [5.74, 6) is 1.32. The highest BCUT2D eigenvalue weighted by Crippen LogP contribution is 2.30. The fourth-order valence-corrected chi connectivity index (χ4v) is 4.54. The van der Waals surface area contributed by atoms with E-state index in [9.17, 15) is 18.0 Å². The lowest BCUT2D eigenvalue weighted by Crippen LogP contribution is -2.31. The molecular formula is C22H31N3O6S. The van der Waals surface area contributed by atoms with Crippen molar-refractivity contribution in [2.24, 2.45) is 5.92 Å². The van der Waals surface area contributed by atoms with Crippen LogP contribution in [0.25, 0.3) is 0 Å². The second kappa shape index (κ2) is 11.4. The van der Waals surface area contributed by atoms with Crippen LogP contribution >= 0.6 is 0 Å². The highest BCUT2D eigenvalue weighted by atomic mass is 32.2. The molecule has 0 amide bonds. The van der Waals surface area contributed by atoms with Crippen LogP contribution in [0.15, 0.2) is 46.1 Å². The fraction of sp³-hybridized carbons (Fsp3) is 0.545. The molecule has 1 aromatic carbocycles. The molecular weight excluding hydrogens is 434 g/mol. The van der Waals surface area contributed by atoms with Gasteiger partial charge < -0.3 is 9.47 Å². The maximum Gasteiger partial charge on any atom is 0.330 e. The third-order valence-electron chi connectivity index (χ3n) is 5.17. The monoisotopic (exact) mass is 465 g/mol. The topological polar surface area (TPSA) is 119 Å². The van der Waals surface area contributed by atoms with Gasteiger partial charge in [0.2, 0.25) is 10.0 Å². The summed E-state index contributed by atoms with van der Waals surface area (Å²) in [5, 5.41) is 0. The van der Waals surface area contributed by atoms with Crippen LogP contribution in [-0.4, -0.2) is 36.9 Å². The molecule has 0 aliphatic heterocycles. The average molecular weight is 466 g/mol. The molecule has 3 rings (SSSR count). The van der Waals surface area contributed by atoms with Crippen molar-refractivity contribution in [1.82, 2.24) is 14.3 Å². The standard InChI is InChI=1S/C22H31N3O6S/c1-2-5-20(18-6-3-7-19(14-18)31-15-17-8-9-17)24-32(28,29)13-4-12-30-16-25-11-10-21(26)23-22(25)27/h3,6-7,10-11,14,17,20,24H,2,4-5,8-9,12-13,15-16H2,1H3,(H,23,26,27)/t20-/m1/s1. The van der Waals surface area contributed by atoms with Gasteiger partial charge in [-0.05, 0) is 49.3 Å². The molecule has 0 unspecified atom stereocenters. The summed E-state index contributed by atoms with van der Waals surface area (Å²) < 4.78 is 40.5. The molecule has 2 N–H and O–H groups in total. The Hall–Kier alpha value is -2.43. The van der Waals surface area contributed by atoms with E-state index < -0.39 is 21.3 Å². The fourth-order valence-electron chi connectivity index (χ4n) is 3.24. The van der Waals surface area contributed by atoms with Gasteiger partial charge in [0.1, 0.15) is 12.5 Å². The van der Waals surface area contributed by atoms with Crippen molar-refractivity contribution >= 4 is 10.0 Å². The number of benzene rings is 1. The van der Waals surface area contributed by atoms with Crippen molar-refractivity contribution in [1.29, 1.82) is 0 Å². The van der Waals surface area contributed by atoms with Crippen molar-refractivity contribution in [2.45, 2.75) is 51.8 Å². The largest absolute Gasteiger partial charge is 0.493 e. The van der Waals surface area contributed by atoms with Gasteiger partial charge in [0.25, 0.3) is 5.56 Å². The third-order valence-corrected chi connectivity index (χ3v) is 6.64. The van der Waals surface area contributed by atoms with Crippen molar-refractivity contribution in [3.05, 3.63) is 62.9 Å². The van der Waals surface area contributed by atoms with Crippen molar-refractivity contribution in [2.75, 3.05) is 19.0 Å². The molecule has 0 bridgehead atoms. The van der Waals surface area contributed by atoms with Crippen LogP contribution in [0.5, 0.6) is 5.75 Å². The Morgan fingerprint density at radius 3 is 2.78 bits per heavy atom. The number of sulfonamides is 1. The molecule has 0 radical (unpaired) electrons. The molecule has 1 saturated carbocycles. The maximum absolute atomic E-state index is 12.6. The van der Waals surface area contributed by atoms with E-state index in [-0.39, 0.29) is 31.6 Å². The van der Waals surface area contributed by atoms with Crippen LogP contribution in [-0.2, 0) is 21.5 Å². The minimum absolute atomic E-state index is 0.0603. The lowest BCUT2D eigenvalue weighted by molar-refractivity contribution is 0.0744. The number of H-pyrrole nitrogens is 1. The molecule has 9 nitrogen and oxygen atoms in total. The van der Waals surface area contributed by atoms with Gasteiger partial charge in [-0.3, -0.25) is 14.3 Å². The quantitative estimate of drug-likeness (QED) is 0.413. The van der Waals surface area contributed by atoms with Crippen LogP contribution in [0.1, 0.15) is 50.6 Å². The van der Waals surface area contributed by atoms with Gasteiger partial charge in [-0.2, -0.15) is 0 Å². The van der Waals surface area contributed by atoms with Crippen LogP contribution < -0.4 is 20.7 Å². The molecule has 1 aliphatic rings. The molecule has 32 heavy (non-hydrogen) atoms. The molecule has 176 valence electrons. The minimum Gasteiger partial charge on any atom is -0.493 e. The Balaban J connectivity index is 1.49. The van der Waals surface area contributed by atoms with E-state index in [0.717, 1.165) is 17.7 Å². The van der Waals surface area contributed by atoms with Crippen LogP contribution in [0.3, 0.4) is 0 Å². The number of rotatable bonds is 14. The minimum atomic E-state index is -3.53. The Morgan fingerprint density at radius 2 is 2.06 bits per heavy atom. The lowest BCUT2D eigenvalue weighted by Gasteiger charge is -2.19. The highest BCUT2D eigenvalue weighted by Gasteiger charge is 2.23. The van der Waals surface area contributed by atoms with E-state index in [0.29, 0.717) is 18.9 Å². The molecule has 1 heterocycles. The molecule has 2 aromatic rings. The number of hydrogen-bond acceptors (Lipinski definition) is 6. The van der Waals surface area contributed by atoms with Gasteiger partial charge >= 0.3 is 5.69 Å². The zero-order chi connectivity index (χ0) is 23.0. The summed E-state index contributed by atoms with van der Waals surface area (Å²) in [5.41, 5.74) is -0.167. The van der Waals surface area contributed by atoms with E-state index >= 15 is 0 Å². The first-order chi connectivity index (χ1) is 15.4. The molecule has 1 atom stereocenters. The second-order valence-corrected chi connectivity index (χ2v) is 9.95. The van der Waals surface area contributed by atoms with Gasteiger partial charge in [0.15, 0.2) is 0 Å². The first-order valence-electron chi connectivity index (χ1n) is 11.0. The second-order valence-electron chi connectivity index (χ2n) is 8.08. The number of aromatic amines is 1. The van der Waals surface area contributed by atoms with Gasteiger partial charge in [0.05, 0.1) is 12.4 Å². The number of hydrogen-bond donors (Lipinski definition) is 2. The molecule has 10 heteroatoms. The lowest BCUT2D eigenvalue weighted by atomic mass is 10.0. The van der Waals surface area contributed by atoms with Crippen molar-refractivity contribution in [3.8, 4) is 5.75 Å². The van der Waals surface area contributed by atoms with Crippen molar-refractivity contribution < 1.29 is 17.9 Å². The van der Waals surface area contributed by atoms with E-state index in [1.54, 1.807) is 0 Å². The van der Waals surface area contributed by atoms with Crippen molar-refractivity contribution in [3.63, 3.8) is 0 Å². The Kier molecular flexibility index (Phi) is 8.66. The van der Waals surface area contributed by atoms with Gasteiger partial charge in [-0.25, -0.2) is 17.9 Å². The van der Waals surface area contributed by atoms with Crippen LogP contribution in [0.2, 0.25) is 0 Å². The highest BCUT2D eigenvalue weighted by molar-refractivity contribution is 7.89. The average Bonchev–Trinajstić information content (AvgIpc) is 3.58. The predicted octanol–water partition coefficient (Wildman–Crippen LogP) is 2.15. The first kappa shape index (κ1) is 24.2. The van der Waals surface area contributed by atoms with E-state index in [4.69, 9.17) is 9.47 Å². The smallest absolute Gasteiger partial charge is 0.330 e. The Labute approximate surface area is 187 Å². The van der Waals surface area contributed by atoms with E-state index in [2.05, 4.69) is 9.71 Å². The van der Waals surface area contributed by atoms with Gasteiger partial charge in [-0.1, -0.05) is 25.5 Å². The summed E-state index contributed by atoms with van der Waals surface area (Å²) >= 11 is 0. The van der Waals surface area contributed by atoms with E-state index in [1.165, 1.54) is 29.7 Å². The van der Waals surface area contributed by atoms with Crippen LogP contribution in [0, 0.1) is 5.92 Å². The molecule has 0 spiro atoms. The molecule has 1 aliphatic carbocycles. The van der Waals surface area contributed by atoms with Gasteiger partial charge in [-0.15, -0.1) is 0 Å². The molecule has 1 fully saturated rings. The summed E-state index contributed by atoms with van der Waals surface area (Å²) in [6, 6.07) is 8.51. The summed E-state index contributed by atoms with van der Waals surface area (Å²) in [6.45, 7) is 2.82. The third kappa shape index (κ3) is 7.92. The van der Waals surface area contributed by atoms with E-state index in [1.807, 2.05) is 31.2 Å². The zero-order valence-electron chi connectivity index (χ0n) is 18.3. The van der Waals surface area contributed by atoms with Crippen LogP contribution in [0.4, 0.5) is 0 Å². The zero-order valence-corrected chi connectivity index (χ0v) is 19.1. The number of aromatic nitrogens is 2. The number of nitrogens with one attached hydrogen (secondary N) is 2. The number of nitrogens with zero attached hydrogens (tertiary/aromatic N) is 1. The summed E-state index contributed by atoms with van der Waals surface area (Å²) in [4.78, 5) is 24.8.